The van der Waals surface area contributed by atoms with Gasteiger partial charge in [-0.25, -0.2) is 0 Å². The Balaban J connectivity index is 2.47. The minimum Gasteiger partial charge on any atom is -0.334 e. The van der Waals surface area contributed by atoms with Gasteiger partial charge in [-0.15, -0.1) is 0 Å². The summed E-state index contributed by atoms with van der Waals surface area (Å²) in [6, 6.07) is 5.21. The third-order valence-corrected chi connectivity index (χ3v) is 3.94. The molecule has 0 spiro atoms. The maximum atomic E-state index is 6.23. The Hall–Kier alpha value is -1.10. The van der Waals surface area contributed by atoms with Gasteiger partial charge in [0.05, 0.1) is 21.1 Å². The van der Waals surface area contributed by atoms with Crippen LogP contribution in [0.1, 0.15) is 32.5 Å². The Morgan fingerprint density at radius 2 is 1.79 bits per heavy atom. The number of hydrogen-bond acceptors (Lipinski definition) is 4. The number of nitrogens with two attached hydrogens (primary N) is 1. The van der Waals surface area contributed by atoms with Gasteiger partial charge in [-0.05, 0) is 25.0 Å². The summed E-state index contributed by atoms with van der Waals surface area (Å²) in [6.07, 6.45) is 1.44. The Morgan fingerprint density at radius 1 is 1.21 bits per heavy atom. The Morgan fingerprint density at radius 3 is 2.32 bits per heavy atom. The molecule has 1 heterocycles. The van der Waals surface area contributed by atoms with E-state index in [0.29, 0.717) is 27.3 Å². The zero-order valence-corrected chi connectivity index (χ0v) is 12.3. The summed E-state index contributed by atoms with van der Waals surface area (Å²) in [6.45, 7) is 3.98. The summed E-state index contributed by atoms with van der Waals surface area (Å²) in [5, 5.41) is 4.90. The lowest BCUT2D eigenvalue weighted by molar-refractivity contribution is 0.350. The first-order valence-electron chi connectivity index (χ1n) is 6.09. The van der Waals surface area contributed by atoms with Gasteiger partial charge in [0.15, 0.2) is 5.82 Å². The van der Waals surface area contributed by atoms with Crippen LogP contribution in [0.4, 0.5) is 0 Å². The normalized spacial score (nSPS) is 11.8. The lowest BCUT2D eigenvalue weighted by Crippen LogP contribution is -2.36. The number of rotatable bonds is 4. The first kappa shape index (κ1) is 14.3. The molecule has 0 saturated carbocycles. The molecule has 0 radical (unpaired) electrons. The predicted molar refractivity (Wildman–Crippen MR) is 76.2 cm³/mol. The fourth-order valence-electron chi connectivity index (χ4n) is 1.80. The highest BCUT2D eigenvalue weighted by molar-refractivity contribution is 6.38. The highest BCUT2D eigenvalue weighted by atomic mass is 35.5. The van der Waals surface area contributed by atoms with Crippen LogP contribution in [-0.4, -0.2) is 10.1 Å². The van der Waals surface area contributed by atoms with Gasteiger partial charge in [0.2, 0.25) is 0 Å². The molecule has 2 rings (SSSR count). The molecule has 0 aliphatic carbocycles. The first-order chi connectivity index (χ1) is 9.01. The molecule has 102 valence electrons. The van der Waals surface area contributed by atoms with Gasteiger partial charge in [0.1, 0.15) is 0 Å². The van der Waals surface area contributed by atoms with Crippen molar-refractivity contribution in [1.29, 1.82) is 0 Å². The molecule has 6 heteroatoms. The maximum absolute atomic E-state index is 6.23. The fraction of sp³-hybridized carbons (Fsp3) is 0.385. The quantitative estimate of drug-likeness (QED) is 0.926. The van der Waals surface area contributed by atoms with Gasteiger partial charge in [-0.3, -0.25) is 0 Å². The van der Waals surface area contributed by atoms with E-state index >= 15 is 0 Å². The molecule has 1 aromatic heterocycles. The van der Waals surface area contributed by atoms with Crippen molar-refractivity contribution < 1.29 is 4.52 Å². The van der Waals surface area contributed by atoms with E-state index in [-0.39, 0.29) is 0 Å². The van der Waals surface area contributed by atoms with Crippen LogP contribution < -0.4 is 5.73 Å². The maximum Gasteiger partial charge on any atom is 0.261 e. The summed E-state index contributed by atoms with van der Waals surface area (Å²) in [5.41, 5.74) is 6.19. The average molecular weight is 300 g/mol. The molecule has 0 aliphatic heterocycles. The second-order valence-electron chi connectivity index (χ2n) is 4.38. The smallest absolute Gasteiger partial charge is 0.261 e. The van der Waals surface area contributed by atoms with E-state index < -0.39 is 5.54 Å². The van der Waals surface area contributed by atoms with Crippen LogP contribution in [-0.2, 0) is 5.54 Å². The van der Waals surface area contributed by atoms with E-state index in [2.05, 4.69) is 10.1 Å². The van der Waals surface area contributed by atoms with Crippen molar-refractivity contribution in [2.45, 2.75) is 32.2 Å². The monoisotopic (exact) mass is 299 g/mol. The second kappa shape index (κ2) is 5.49. The Kier molecular flexibility index (Phi) is 4.13. The van der Waals surface area contributed by atoms with Crippen LogP contribution in [0.5, 0.6) is 0 Å². The molecule has 2 N–H and O–H groups in total. The second-order valence-corrected chi connectivity index (χ2v) is 5.20. The summed E-state index contributed by atoms with van der Waals surface area (Å²) in [7, 11) is 0. The molecule has 0 bridgehead atoms. The molecular weight excluding hydrogens is 285 g/mol. The van der Waals surface area contributed by atoms with E-state index in [0.717, 1.165) is 12.8 Å². The van der Waals surface area contributed by atoms with E-state index in [9.17, 15) is 0 Å². The minimum absolute atomic E-state index is 0.294. The molecule has 0 saturated heterocycles. The van der Waals surface area contributed by atoms with Crippen molar-refractivity contribution in [2.24, 2.45) is 5.73 Å². The van der Waals surface area contributed by atoms with Gasteiger partial charge >= 0.3 is 0 Å². The van der Waals surface area contributed by atoms with Crippen molar-refractivity contribution in [3.8, 4) is 11.5 Å². The van der Waals surface area contributed by atoms with Crippen LogP contribution >= 0.6 is 23.2 Å². The van der Waals surface area contributed by atoms with Gasteiger partial charge in [0.25, 0.3) is 5.89 Å². The van der Waals surface area contributed by atoms with Gasteiger partial charge in [0, 0.05) is 0 Å². The van der Waals surface area contributed by atoms with Crippen molar-refractivity contribution in [3.63, 3.8) is 0 Å². The van der Waals surface area contributed by atoms with Crippen LogP contribution in [0, 0.1) is 0 Å². The van der Waals surface area contributed by atoms with Crippen LogP contribution in [0.3, 0.4) is 0 Å². The highest BCUT2D eigenvalue weighted by Crippen LogP contribution is 2.34. The molecule has 1 aromatic carbocycles. The number of halogens is 2. The van der Waals surface area contributed by atoms with E-state index in [1.807, 2.05) is 13.8 Å². The molecule has 0 fully saturated rings. The zero-order chi connectivity index (χ0) is 14.0. The van der Waals surface area contributed by atoms with E-state index in [1.165, 1.54) is 0 Å². The number of aromatic nitrogens is 2. The Bertz CT molecular complexity index is 559. The van der Waals surface area contributed by atoms with Crippen molar-refractivity contribution in [2.75, 3.05) is 0 Å². The molecule has 19 heavy (non-hydrogen) atoms. The summed E-state index contributed by atoms with van der Waals surface area (Å²) in [4.78, 5) is 4.34. The number of benzene rings is 1. The third kappa shape index (κ3) is 2.61. The van der Waals surface area contributed by atoms with Gasteiger partial charge in [-0.1, -0.05) is 48.3 Å². The van der Waals surface area contributed by atoms with Crippen LogP contribution in [0.15, 0.2) is 22.7 Å². The molecule has 0 unspecified atom stereocenters. The lowest BCUT2D eigenvalue weighted by Gasteiger charge is -2.21. The SMILES string of the molecule is CCC(N)(CC)c1noc(-c2c(Cl)cccc2Cl)n1. The van der Waals surface area contributed by atoms with Crippen molar-refractivity contribution in [1.82, 2.24) is 10.1 Å². The average Bonchev–Trinajstić information content (AvgIpc) is 2.87. The zero-order valence-electron chi connectivity index (χ0n) is 10.8. The van der Waals surface area contributed by atoms with Gasteiger partial charge < -0.3 is 10.3 Å². The van der Waals surface area contributed by atoms with E-state index in [4.69, 9.17) is 33.5 Å². The first-order valence-corrected chi connectivity index (χ1v) is 6.85. The van der Waals surface area contributed by atoms with Crippen molar-refractivity contribution >= 4 is 23.2 Å². The largest absolute Gasteiger partial charge is 0.334 e. The molecule has 0 atom stereocenters. The van der Waals surface area contributed by atoms with Crippen LogP contribution in [0.2, 0.25) is 10.0 Å². The molecule has 0 amide bonds. The van der Waals surface area contributed by atoms with Crippen LogP contribution in [0.25, 0.3) is 11.5 Å². The lowest BCUT2D eigenvalue weighted by atomic mass is 9.93. The fourth-order valence-corrected chi connectivity index (χ4v) is 2.35. The minimum atomic E-state index is -0.588. The van der Waals surface area contributed by atoms with E-state index in [1.54, 1.807) is 18.2 Å². The predicted octanol–water partition coefficient (Wildman–Crippen LogP) is 4.02. The summed E-state index contributed by atoms with van der Waals surface area (Å²) in [5.74, 6) is 0.769. The third-order valence-electron chi connectivity index (χ3n) is 3.31. The molecule has 0 aliphatic rings. The summed E-state index contributed by atoms with van der Waals surface area (Å²) < 4.78 is 5.25. The summed E-state index contributed by atoms with van der Waals surface area (Å²) >= 11 is 12.2. The highest BCUT2D eigenvalue weighted by Gasteiger charge is 2.29. The Labute approximate surface area is 121 Å². The molecular formula is C13H15Cl2N3O. The number of hydrogen-bond donors (Lipinski definition) is 1. The standard InChI is InChI=1S/C13H15Cl2N3O/c1-3-13(16,4-2)12-17-11(19-18-12)10-8(14)6-5-7-9(10)15/h5-7H,3-4,16H2,1-2H3. The van der Waals surface area contributed by atoms with Gasteiger partial charge in [-0.2, -0.15) is 4.98 Å². The molecule has 4 nitrogen and oxygen atoms in total. The number of nitrogens with zero attached hydrogens (tertiary/aromatic N) is 2. The van der Waals surface area contributed by atoms with Crippen molar-refractivity contribution in [3.05, 3.63) is 34.1 Å². The topological polar surface area (TPSA) is 64.9 Å². The molecule has 2 aromatic rings.